The highest BCUT2D eigenvalue weighted by molar-refractivity contribution is 7.26. The first kappa shape index (κ1) is 29.0. The summed E-state index contributed by atoms with van der Waals surface area (Å²) in [5.41, 5.74) is 12.3. The molecule has 12 rings (SSSR count). The van der Waals surface area contributed by atoms with Crippen LogP contribution in [-0.4, -0.2) is 4.57 Å². The van der Waals surface area contributed by atoms with Crippen molar-refractivity contribution < 1.29 is 0 Å². The number of rotatable bonds is 4. The molecule has 9 aromatic carbocycles. The molecule has 0 saturated carbocycles. The van der Waals surface area contributed by atoms with E-state index in [2.05, 4.69) is 191 Å². The number of anilines is 3. The highest BCUT2D eigenvalue weighted by Crippen LogP contribution is 2.56. The summed E-state index contributed by atoms with van der Waals surface area (Å²) in [6.07, 6.45) is 0. The molecular weight excluding hydrogens is 661 g/mol. The fraction of sp³-hybridized carbons (Fsp3) is 0. The smallest absolute Gasteiger partial charge is 0.0640 e. The Hall–Kier alpha value is -6.68. The van der Waals surface area contributed by atoms with Crippen LogP contribution < -0.4 is 4.90 Å². The summed E-state index contributed by atoms with van der Waals surface area (Å²) in [7, 11) is 0. The number of nitrogens with zero attached hydrogens (tertiary/aromatic N) is 2. The van der Waals surface area contributed by atoms with Gasteiger partial charge in [-0.1, -0.05) is 127 Å². The van der Waals surface area contributed by atoms with Gasteiger partial charge < -0.3 is 9.47 Å². The topological polar surface area (TPSA) is 8.17 Å². The lowest BCUT2D eigenvalue weighted by atomic mass is 9.94. The lowest BCUT2D eigenvalue weighted by Crippen LogP contribution is -2.11. The van der Waals surface area contributed by atoms with Crippen LogP contribution in [0, 0.1) is 0 Å². The second-order valence-electron chi connectivity index (χ2n) is 14.1. The van der Waals surface area contributed by atoms with Gasteiger partial charge in [-0.15, -0.1) is 11.3 Å². The van der Waals surface area contributed by atoms with Gasteiger partial charge in [0.2, 0.25) is 0 Å². The van der Waals surface area contributed by atoms with Gasteiger partial charge in [0.05, 0.1) is 27.1 Å². The van der Waals surface area contributed by atoms with Crippen LogP contribution in [0.2, 0.25) is 0 Å². The van der Waals surface area contributed by atoms with Gasteiger partial charge in [0, 0.05) is 48.7 Å². The highest BCUT2D eigenvalue weighted by atomic mass is 32.1. The van der Waals surface area contributed by atoms with Gasteiger partial charge in [-0.25, -0.2) is 0 Å². The van der Waals surface area contributed by atoms with Crippen molar-refractivity contribution in [3.8, 4) is 27.9 Å². The minimum atomic E-state index is 1.13. The molecule has 0 radical (unpaired) electrons. The average Bonchev–Trinajstić information content (AvgIpc) is 3.88. The molecule has 246 valence electrons. The fourth-order valence-electron chi connectivity index (χ4n) is 9.09. The van der Waals surface area contributed by atoms with E-state index < -0.39 is 0 Å². The van der Waals surface area contributed by atoms with Crippen molar-refractivity contribution in [3.63, 3.8) is 0 Å². The molecule has 0 fully saturated rings. The lowest BCUT2D eigenvalue weighted by molar-refractivity contribution is 1.18. The van der Waals surface area contributed by atoms with Gasteiger partial charge in [-0.3, -0.25) is 0 Å². The first-order valence-corrected chi connectivity index (χ1v) is 19.0. The van der Waals surface area contributed by atoms with E-state index in [9.17, 15) is 0 Å². The SMILES string of the molecule is c1ccc(-n2c3ccccc3c3ccc(N(c4cccc5c4-c4c6ccccc6cc6cccc-5c46)c4cccc5c4sc4ccccc45)cc32)cc1. The van der Waals surface area contributed by atoms with Crippen molar-refractivity contribution in [1.82, 2.24) is 4.57 Å². The van der Waals surface area contributed by atoms with Crippen LogP contribution in [0.1, 0.15) is 0 Å². The number of benzene rings is 9. The molecule has 3 heteroatoms. The van der Waals surface area contributed by atoms with E-state index in [4.69, 9.17) is 0 Å². The number of para-hydroxylation sites is 2. The van der Waals surface area contributed by atoms with Gasteiger partial charge in [-0.2, -0.15) is 0 Å². The Morgan fingerprint density at radius 1 is 0.415 bits per heavy atom. The minimum absolute atomic E-state index is 1.13. The molecule has 2 nitrogen and oxygen atoms in total. The van der Waals surface area contributed by atoms with E-state index in [1.54, 1.807) is 0 Å². The van der Waals surface area contributed by atoms with E-state index >= 15 is 0 Å². The second-order valence-corrected chi connectivity index (χ2v) is 15.1. The average molecular weight is 691 g/mol. The van der Waals surface area contributed by atoms with Crippen LogP contribution in [0.3, 0.4) is 0 Å². The number of hydrogen-bond donors (Lipinski definition) is 0. The molecule has 0 atom stereocenters. The standard InChI is InChI=1S/C50H30N2S/c1-2-15-33(16-3-1)51-42-23-8-6-18-36(42)37-28-27-34(30-45(37)51)52(44-25-12-22-41-38-19-7-9-26-46(38)53-50(41)44)43-24-11-21-40-39-20-10-14-32-29-31-13-4-5-17-35(31)49(47(32)39)48(40)43/h1-30H. The lowest BCUT2D eigenvalue weighted by Gasteiger charge is -2.29. The normalized spacial score (nSPS) is 12.2. The molecule has 0 N–H and O–H groups in total. The Morgan fingerprint density at radius 2 is 1.09 bits per heavy atom. The zero-order valence-electron chi connectivity index (χ0n) is 28.6. The Labute approximate surface area is 310 Å². The molecule has 0 saturated heterocycles. The van der Waals surface area contributed by atoms with Crippen LogP contribution in [-0.2, 0) is 0 Å². The van der Waals surface area contributed by atoms with E-state index in [0.29, 0.717) is 0 Å². The summed E-state index contributed by atoms with van der Waals surface area (Å²) in [6, 6.07) is 67.2. The largest absolute Gasteiger partial charge is 0.309 e. The molecule has 53 heavy (non-hydrogen) atoms. The molecule has 0 unspecified atom stereocenters. The number of thiophene rings is 1. The van der Waals surface area contributed by atoms with Crippen molar-refractivity contribution >= 4 is 91.9 Å². The molecular formula is C50H30N2S. The van der Waals surface area contributed by atoms with Crippen molar-refractivity contribution in [3.05, 3.63) is 182 Å². The first-order valence-electron chi connectivity index (χ1n) is 18.2. The fourth-order valence-corrected chi connectivity index (χ4v) is 10.3. The van der Waals surface area contributed by atoms with Crippen molar-refractivity contribution in [1.29, 1.82) is 0 Å². The summed E-state index contributed by atoms with van der Waals surface area (Å²) in [5, 5.41) is 10.3. The molecule has 0 amide bonds. The number of fused-ring (bicyclic) bond motifs is 11. The molecule has 2 heterocycles. The maximum Gasteiger partial charge on any atom is 0.0640 e. The van der Waals surface area contributed by atoms with E-state index in [0.717, 1.165) is 11.4 Å². The Morgan fingerprint density at radius 3 is 2.02 bits per heavy atom. The highest BCUT2D eigenvalue weighted by Gasteiger charge is 2.30. The molecule has 0 spiro atoms. The predicted octanol–water partition coefficient (Wildman–Crippen LogP) is 14.6. The molecule has 1 aliphatic rings. The Balaban J connectivity index is 1.22. The van der Waals surface area contributed by atoms with E-state index in [1.807, 2.05) is 11.3 Å². The second kappa shape index (κ2) is 10.9. The third-order valence-electron chi connectivity index (χ3n) is 11.3. The number of aromatic nitrogens is 1. The summed E-state index contributed by atoms with van der Waals surface area (Å²) < 4.78 is 5.01. The zero-order valence-corrected chi connectivity index (χ0v) is 29.4. The Kier molecular flexibility index (Phi) is 5.96. The van der Waals surface area contributed by atoms with Gasteiger partial charge in [0.1, 0.15) is 0 Å². The van der Waals surface area contributed by atoms with Crippen molar-refractivity contribution in [2.45, 2.75) is 0 Å². The molecule has 0 aliphatic heterocycles. The van der Waals surface area contributed by atoms with Gasteiger partial charge in [-0.05, 0) is 87.3 Å². The molecule has 0 bridgehead atoms. The van der Waals surface area contributed by atoms with Gasteiger partial charge >= 0.3 is 0 Å². The third kappa shape index (κ3) is 4.03. The third-order valence-corrected chi connectivity index (χ3v) is 12.5. The van der Waals surface area contributed by atoms with Crippen molar-refractivity contribution in [2.75, 3.05) is 4.90 Å². The van der Waals surface area contributed by atoms with Crippen LogP contribution in [0.15, 0.2) is 182 Å². The summed E-state index contributed by atoms with van der Waals surface area (Å²) >= 11 is 1.88. The summed E-state index contributed by atoms with van der Waals surface area (Å²) in [4.78, 5) is 2.54. The van der Waals surface area contributed by atoms with Gasteiger partial charge in [0.25, 0.3) is 0 Å². The minimum Gasteiger partial charge on any atom is -0.309 e. The monoisotopic (exact) mass is 690 g/mol. The molecule has 1 aliphatic carbocycles. The predicted molar refractivity (Wildman–Crippen MR) is 228 cm³/mol. The first-order chi connectivity index (χ1) is 26.3. The summed E-state index contributed by atoms with van der Waals surface area (Å²) in [5.74, 6) is 0. The van der Waals surface area contributed by atoms with Crippen LogP contribution in [0.25, 0.3) is 91.5 Å². The quantitative estimate of drug-likeness (QED) is 0.167. The Bertz CT molecular complexity index is 3290. The van der Waals surface area contributed by atoms with Crippen LogP contribution >= 0.6 is 11.3 Å². The molecule has 2 aromatic heterocycles. The van der Waals surface area contributed by atoms with Crippen LogP contribution in [0.4, 0.5) is 17.1 Å². The van der Waals surface area contributed by atoms with Crippen LogP contribution in [0.5, 0.6) is 0 Å². The van der Waals surface area contributed by atoms with E-state index in [1.165, 1.54) is 97.2 Å². The van der Waals surface area contributed by atoms with Gasteiger partial charge in [0.15, 0.2) is 0 Å². The summed E-state index contributed by atoms with van der Waals surface area (Å²) in [6.45, 7) is 0. The maximum absolute atomic E-state index is 2.54. The molecule has 11 aromatic rings. The van der Waals surface area contributed by atoms with E-state index in [-0.39, 0.29) is 0 Å². The number of hydrogen-bond acceptors (Lipinski definition) is 2. The van der Waals surface area contributed by atoms with Crippen molar-refractivity contribution in [2.24, 2.45) is 0 Å². The zero-order chi connectivity index (χ0) is 34.6. The maximum atomic E-state index is 2.54.